The van der Waals surface area contributed by atoms with Gasteiger partial charge in [-0.05, 0) is 30.9 Å². The lowest BCUT2D eigenvalue weighted by molar-refractivity contribution is 0.340. The Hall–Kier alpha value is -1.27. The van der Waals surface area contributed by atoms with Gasteiger partial charge >= 0.3 is 0 Å². The molecular formula is C15H24N2O3S. The van der Waals surface area contributed by atoms with Crippen LogP contribution < -0.4 is 15.2 Å². The summed E-state index contributed by atoms with van der Waals surface area (Å²) in [6.45, 7) is 2.14. The molecule has 1 aromatic carbocycles. The molecule has 5 nitrogen and oxygen atoms in total. The summed E-state index contributed by atoms with van der Waals surface area (Å²) in [6.07, 6.45) is 4.24. The molecule has 2 rings (SSSR count). The highest BCUT2D eigenvalue weighted by molar-refractivity contribution is 7.89. The Morgan fingerprint density at radius 3 is 2.81 bits per heavy atom. The van der Waals surface area contributed by atoms with E-state index in [4.69, 9.17) is 10.5 Å². The second-order valence-corrected chi connectivity index (χ2v) is 7.52. The molecule has 0 spiro atoms. The fourth-order valence-electron chi connectivity index (χ4n) is 2.24. The summed E-state index contributed by atoms with van der Waals surface area (Å²) in [5, 5.41) is 0. The monoisotopic (exact) mass is 312 g/mol. The quantitative estimate of drug-likeness (QED) is 0.685. The molecule has 0 amide bonds. The van der Waals surface area contributed by atoms with E-state index in [1.165, 1.54) is 12.8 Å². The third-order valence-corrected chi connectivity index (χ3v) is 5.03. The third-order valence-electron chi connectivity index (χ3n) is 3.63. The van der Waals surface area contributed by atoms with Crippen molar-refractivity contribution in [3.05, 3.63) is 24.3 Å². The molecule has 1 saturated carbocycles. The van der Waals surface area contributed by atoms with Crippen LogP contribution in [-0.2, 0) is 10.0 Å². The first-order valence-electron chi connectivity index (χ1n) is 7.47. The lowest BCUT2D eigenvalue weighted by Crippen LogP contribution is -2.37. The summed E-state index contributed by atoms with van der Waals surface area (Å²) in [5.41, 5.74) is 6.24. The van der Waals surface area contributed by atoms with Gasteiger partial charge in [-0.15, -0.1) is 0 Å². The van der Waals surface area contributed by atoms with Crippen LogP contribution in [0.1, 0.15) is 32.6 Å². The average molecular weight is 312 g/mol. The van der Waals surface area contributed by atoms with Crippen LogP contribution in [0.15, 0.2) is 24.3 Å². The van der Waals surface area contributed by atoms with E-state index in [0.717, 1.165) is 12.8 Å². The Labute approximate surface area is 126 Å². The molecule has 0 aromatic heterocycles. The SMILES string of the molecule is CCC(CC1CC1)NS(=O)(=O)CCOc1cccc(N)c1. The number of benzene rings is 1. The highest BCUT2D eigenvalue weighted by Crippen LogP contribution is 2.34. The van der Waals surface area contributed by atoms with E-state index in [9.17, 15) is 8.42 Å². The lowest BCUT2D eigenvalue weighted by atomic mass is 10.1. The number of nitrogens with one attached hydrogen (secondary N) is 1. The smallest absolute Gasteiger partial charge is 0.215 e. The van der Waals surface area contributed by atoms with Gasteiger partial charge in [0, 0.05) is 17.8 Å². The Bertz CT molecular complexity index is 556. The van der Waals surface area contributed by atoms with Gasteiger partial charge in [0.2, 0.25) is 10.0 Å². The van der Waals surface area contributed by atoms with Crippen LogP contribution in [-0.4, -0.2) is 26.8 Å². The van der Waals surface area contributed by atoms with E-state index >= 15 is 0 Å². The molecule has 0 aliphatic heterocycles. The highest BCUT2D eigenvalue weighted by Gasteiger charge is 2.26. The van der Waals surface area contributed by atoms with Gasteiger partial charge in [0.05, 0.1) is 5.75 Å². The molecule has 1 aromatic rings. The molecule has 118 valence electrons. The Kier molecular flexibility index (Phi) is 5.47. The Balaban J connectivity index is 1.77. The van der Waals surface area contributed by atoms with E-state index < -0.39 is 10.0 Å². The molecule has 21 heavy (non-hydrogen) atoms. The predicted molar refractivity (Wildman–Crippen MR) is 84.7 cm³/mol. The van der Waals surface area contributed by atoms with E-state index in [0.29, 0.717) is 17.4 Å². The van der Waals surface area contributed by atoms with Crippen molar-refractivity contribution >= 4 is 15.7 Å². The summed E-state index contributed by atoms with van der Waals surface area (Å²) < 4.78 is 32.3. The minimum atomic E-state index is -3.30. The van der Waals surface area contributed by atoms with Crippen molar-refractivity contribution in [1.82, 2.24) is 4.72 Å². The standard InChI is InChI=1S/C15H24N2O3S/c1-2-14(10-12-6-7-12)17-21(18,19)9-8-20-15-5-3-4-13(16)11-15/h3-5,11-12,14,17H,2,6-10,16H2,1H3. The molecule has 0 bridgehead atoms. The van der Waals surface area contributed by atoms with Gasteiger partial charge in [-0.25, -0.2) is 13.1 Å². The third kappa shape index (κ3) is 5.93. The number of nitrogen functional groups attached to an aromatic ring is 1. The summed E-state index contributed by atoms with van der Waals surface area (Å²) in [4.78, 5) is 0. The maximum Gasteiger partial charge on any atom is 0.215 e. The van der Waals surface area contributed by atoms with Crippen molar-refractivity contribution in [2.45, 2.75) is 38.6 Å². The maximum atomic E-state index is 12.0. The van der Waals surface area contributed by atoms with Crippen molar-refractivity contribution in [3.8, 4) is 5.75 Å². The van der Waals surface area contributed by atoms with Crippen LogP contribution in [0.2, 0.25) is 0 Å². The van der Waals surface area contributed by atoms with Gasteiger partial charge in [0.25, 0.3) is 0 Å². The van der Waals surface area contributed by atoms with Crippen LogP contribution in [0, 0.1) is 5.92 Å². The summed E-state index contributed by atoms with van der Waals surface area (Å²) in [7, 11) is -3.30. The first kappa shape index (κ1) is 16.1. The molecule has 6 heteroatoms. The number of nitrogens with two attached hydrogens (primary N) is 1. The average Bonchev–Trinajstić information content (AvgIpc) is 3.21. The first-order valence-corrected chi connectivity index (χ1v) is 9.12. The van der Waals surface area contributed by atoms with Crippen LogP contribution in [0.25, 0.3) is 0 Å². The second-order valence-electron chi connectivity index (χ2n) is 5.64. The summed E-state index contributed by atoms with van der Waals surface area (Å²) >= 11 is 0. The molecule has 1 unspecified atom stereocenters. The molecule has 1 aliphatic rings. The summed E-state index contributed by atoms with van der Waals surface area (Å²) in [5.74, 6) is 1.26. The van der Waals surface area contributed by atoms with Crippen LogP contribution in [0.5, 0.6) is 5.75 Å². The lowest BCUT2D eigenvalue weighted by Gasteiger charge is -2.17. The van der Waals surface area contributed by atoms with Crippen LogP contribution in [0.4, 0.5) is 5.69 Å². The molecule has 1 aliphatic carbocycles. The van der Waals surface area contributed by atoms with Crippen molar-refractivity contribution in [2.24, 2.45) is 5.92 Å². The zero-order chi connectivity index (χ0) is 15.3. The maximum absolute atomic E-state index is 12.0. The largest absolute Gasteiger partial charge is 0.492 e. The topological polar surface area (TPSA) is 81.4 Å². The van der Waals surface area contributed by atoms with E-state index in [1.807, 2.05) is 6.92 Å². The van der Waals surface area contributed by atoms with Gasteiger partial charge in [-0.3, -0.25) is 0 Å². The molecule has 0 saturated heterocycles. The molecular weight excluding hydrogens is 288 g/mol. The highest BCUT2D eigenvalue weighted by atomic mass is 32.2. The Morgan fingerprint density at radius 1 is 1.43 bits per heavy atom. The minimum absolute atomic E-state index is 0.0387. The molecule has 1 fully saturated rings. The van der Waals surface area contributed by atoms with Gasteiger partial charge in [0.1, 0.15) is 12.4 Å². The van der Waals surface area contributed by atoms with Crippen molar-refractivity contribution < 1.29 is 13.2 Å². The van der Waals surface area contributed by atoms with Crippen molar-refractivity contribution in [1.29, 1.82) is 0 Å². The fraction of sp³-hybridized carbons (Fsp3) is 0.600. The molecule has 1 atom stereocenters. The van der Waals surface area contributed by atoms with Gasteiger partial charge < -0.3 is 10.5 Å². The number of anilines is 1. The zero-order valence-electron chi connectivity index (χ0n) is 12.4. The molecule has 3 N–H and O–H groups in total. The van der Waals surface area contributed by atoms with Gasteiger partial charge in [0.15, 0.2) is 0 Å². The number of sulfonamides is 1. The van der Waals surface area contributed by atoms with Gasteiger partial charge in [-0.1, -0.05) is 25.8 Å². The number of rotatable bonds is 9. The second kappa shape index (κ2) is 7.13. The number of ether oxygens (including phenoxy) is 1. The number of hydrogen-bond donors (Lipinski definition) is 2. The molecule has 0 heterocycles. The van der Waals surface area contributed by atoms with Crippen molar-refractivity contribution in [3.63, 3.8) is 0 Å². The predicted octanol–water partition coefficient (Wildman–Crippen LogP) is 2.15. The first-order chi connectivity index (χ1) is 9.98. The number of hydrogen-bond acceptors (Lipinski definition) is 4. The van der Waals surface area contributed by atoms with E-state index in [2.05, 4.69) is 4.72 Å². The van der Waals surface area contributed by atoms with Crippen LogP contribution in [0.3, 0.4) is 0 Å². The molecule has 0 radical (unpaired) electrons. The van der Waals surface area contributed by atoms with Crippen molar-refractivity contribution in [2.75, 3.05) is 18.1 Å². The summed E-state index contributed by atoms with van der Waals surface area (Å²) in [6, 6.07) is 7.03. The van der Waals surface area contributed by atoms with E-state index in [-0.39, 0.29) is 18.4 Å². The van der Waals surface area contributed by atoms with Gasteiger partial charge in [-0.2, -0.15) is 0 Å². The Morgan fingerprint density at radius 2 is 2.19 bits per heavy atom. The van der Waals surface area contributed by atoms with Crippen LogP contribution >= 0.6 is 0 Å². The van der Waals surface area contributed by atoms with E-state index in [1.54, 1.807) is 24.3 Å². The zero-order valence-corrected chi connectivity index (χ0v) is 13.2. The fourth-order valence-corrected chi connectivity index (χ4v) is 3.43. The minimum Gasteiger partial charge on any atom is -0.492 e. The normalized spacial score (nSPS) is 16.6.